The predicted molar refractivity (Wildman–Crippen MR) is 101 cm³/mol. The van der Waals surface area contributed by atoms with E-state index in [2.05, 4.69) is 5.32 Å². The van der Waals surface area contributed by atoms with Crippen LogP contribution in [0, 0.1) is 0 Å². The molecule has 1 aliphatic rings. The van der Waals surface area contributed by atoms with E-state index >= 15 is 0 Å². The van der Waals surface area contributed by atoms with Gasteiger partial charge in [0.15, 0.2) is 0 Å². The molecule has 2 aromatic rings. The van der Waals surface area contributed by atoms with E-state index in [0.717, 1.165) is 36.2 Å². The molecule has 4 nitrogen and oxygen atoms in total. The number of amides is 1. The van der Waals surface area contributed by atoms with Gasteiger partial charge in [-0.1, -0.05) is 17.7 Å². The average molecular weight is 398 g/mol. The first-order chi connectivity index (χ1) is 12.7. The highest BCUT2D eigenvalue weighted by Gasteiger charge is 2.35. The van der Waals surface area contributed by atoms with Gasteiger partial charge in [-0.25, -0.2) is 0 Å². The van der Waals surface area contributed by atoms with Gasteiger partial charge in [-0.3, -0.25) is 4.79 Å². The summed E-state index contributed by atoms with van der Waals surface area (Å²) in [6, 6.07) is 8.10. The van der Waals surface area contributed by atoms with Gasteiger partial charge in [-0.05, 0) is 55.7 Å². The van der Waals surface area contributed by atoms with Crippen molar-refractivity contribution in [2.75, 3.05) is 22.5 Å². The number of fused-ring (bicyclic) bond motifs is 1. The van der Waals surface area contributed by atoms with Crippen LogP contribution in [-0.4, -0.2) is 18.5 Å². The van der Waals surface area contributed by atoms with Crippen molar-refractivity contribution < 1.29 is 18.0 Å². The zero-order valence-corrected chi connectivity index (χ0v) is 15.4. The van der Waals surface area contributed by atoms with Gasteiger partial charge < -0.3 is 16.0 Å². The van der Waals surface area contributed by atoms with Crippen molar-refractivity contribution in [2.24, 2.45) is 0 Å². The molecule has 2 aromatic carbocycles. The molecule has 0 saturated heterocycles. The lowest BCUT2D eigenvalue weighted by Gasteiger charge is -2.36. The summed E-state index contributed by atoms with van der Waals surface area (Å²) in [6.45, 7) is 2.29. The molecule has 0 aliphatic carbocycles. The van der Waals surface area contributed by atoms with Crippen LogP contribution >= 0.6 is 11.6 Å². The Morgan fingerprint density at radius 2 is 2.04 bits per heavy atom. The van der Waals surface area contributed by atoms with E-state index in [1.165, 1.54) is 6.07 Å². The van der Waals surface area contributed by atoms with Gasteiger partial charge in [-0.15, -0.1) is 0 Å². The summed E-state index contributed by atoms with van der Waals surface area (Å²) in [5.74, 6) is -0.530. The van der Waals surface area contributed by atoms with Gasteiger partial charge in [-0.2, -0.15) is 13.2 Å². The smallest absolute Gasteiger partial charge is 0.398 e. The molecular formula is C19H19ClF3N3O. The van der Waals surface area contributed by atoms with Crippen molar-refractivity contribution >= 4 is 34.6 Å². The molecule has 0 bridgehead atoms. The minimum absolute atomic E-state index is 0.0474. The third-order valence-corrected chi connectivity index (χ3v) is 4.95. The summed E-state index contributed by atoms with van der Waals surface area (Å²) in [5, 5.41) is 2.35. The van der Waals surface area contributed by atoms with Crippen LogP contribution in [0.2, 0.25) is 5.02 Å². The zero-order chi connectivity index (χ0) is 19.8. The maximum absolute atomic E-state index is 13.2. The van der Waals surface area contributed by atoms with E-state index in [1.807, 2.05) is 11.0 Å². The number of hydrogen-bond acceptors (Lipinski definition) is 3. The van der Waals surface area contributed by atoms with E-state index < -0.39 is 23.7 Å². The quantitative estimate of drug-likeness (QED) is 0.737. The summed E-state index contributed by atoms with van der Waals surface area (Å²) >= 11 is 5.68. The predicted octanol–water partition coefficient (Wildman–Crippen LogP) is 4.72. The van der Waals surface area contributed by atoms with E-state index in [1.54, 1.807) is 19.1 Å². The van der Waals surface area contributed by atoms with Crippen LogP contribution in [-0.2, 0) is 17.4 Å². The molecule has 0 fully saturated rings. The van der Waals surface area contributed by atoms with E-state index in [0.29, 0.717) is 12.2 Å². The largest absolute Gasteiger partial charge is 0.418 e. The second-order valence-electron chi connectivity index (χ2n) is 6.49. The lowest BCUT2D eigenvalue weighted by Crippen LogP contribution is -2.45. The lowest BCUT2D eigenvalue weighted by molar-refractivity contribution is -0.137. The summed E-state index contributed by atoms with van der Waals surface area (Å²) in [6.07, 6.45) is -3.00. The second-order valence-corrected chi connectivity index (χ2v) is 6.93. The summed E-state index contributed by atoms with van der Waals surface area (Å²) in [4.78, 5) is 14.6. The Morgan fingerprint density at radius 3 is 2.74 bits per heavy atom. The Hall–Kier alpha value is -2.41. The van der Waals surface area contributed by atoms with Gasteiger partial charge in [0.2, 0.25) is 5.91 Å². The average Bonchev–Trinajstić information content (AvgIpc) is 2.61. The molecule has 8 heteroatoms. The Bertz CT molecular complexity index is 870. The number of halogens is 4. The van der Waals surface area contributed by atoms with Gasteiger partial charge in [0.25, 0.3) is 0 Å². The number of hydrogen-bond donors (Lipinski definition) is 2. The molecule has 1 atom stereocenters. The molecule has 144 valence electrons. The molecule has 0 saturated carbocycles. The first-order valence-electron chi connectivity index (χ1n) is 8.50. The third-order valence-electron chi connectivity index (χ3n) is 4.71. The number of nitrogens with two attached hydrogens (primary N) is 1. The van der Waals surface area contributed by atoms with Gasteiger partial charge in [0.1, 0.15) is 6.04 Å². The first kappa shape index (κ1) is 19.4. The highest BCUT2D eigenvalue weighted by Crippen LogP contribution is 2.37. The van der Waals surface area contributed by atoms with Crippen LogP contribution in [0.25, 0.3) is 0 Å². The Balaban J connectivity index is 1.86. The number of nitrogens with one attached hydrogen (secondary N) is 1. The number of alkyl halides is 3. The maximum Gasteiger partial charge on any atom is 0.418 e. The summed E-state index contributed by atoms with van der Waals surface area (Å²) in [5.41, 5.74) is 7.20. The van der Waals surface area contributed by atoms with Crippen LogP contribution < -0.4 is 16.0 Å². The van der Waals surface area contributed by atoms with Crippen LogP contribution in [0.4, 0.5) is 30.2 Å². The van der Waals surface area contributed by atoms with Crippen LogP contribution in [0.15, 0.2) is 36.4 Å². The van der Waals surface area contributed by atoms with Gasteiger partial charge in [0, 0.05) is 22.9 Å². The molecule has 0 aromatic heterocycles. The topological polar surface area (TPSA) is 58.4 Å². The minimum atomic E-state index is -4.62. The molecule has 1 unspecified atom stereocenters. The Morgan fingerprint density at radius 1 is 1.30 bits per heavy atom. The van der Waals surface area contributed by atoms with Crippen molar-refractivity contribution in [1.29, 1.82) is 0 Å². The van der Waals surface area contributed by atoms with E-state index in [4.69, 9.17) is 17.3 Å². The molecule has 1 amide bonds. The number of carbonyl (C=O) groups excluding carboxylic acids is 1. The highest BCUT2D eigenvalue weighted by atomic mass is 35.5. The molecule has 0 radical (unpaired) electrons. The third kappa shape index (κ3) is 3.98. The van der Waals surface area contributed by atoms with Crippen molar-refractivity contribution in [3.63, 3.8) is 0 Å². The SMILES string of the molecule is CC(C(=O)Nc1ccc(Cl)cc1C(F)(F)F)N1CCCc2c(N)cccc21. The van der Waals surface area contributed by atoms with E-state index in [9.17, 15) is 18.0 Å². The Labute approximate surface area is 160 Å². The highest BCUT2D eigenvalue weighted by molar-refractivity contribution is 6.30. The van der Waals surface area contributed by atoms with Crippen molar-refractivity contribution in [2.45, 2.75) is 32.0 Å². The number of nitrogen functional groups attached to an aromatic ring is 1. The maximum atomic E-state index is 13.2. The monoisotopic (exact) mass is 397 g/mol. The molecule has 27 heavy (non-hydrogen) atoms. The molecular weight excluding hydrogens is 379 g/mol. The van der Waals surface area contributed by atoms with Crippen molar-refractivity contribution in [3.8, 4) is 0 Å². The van der Waals surface area contributed by atoms with Crippen LogP contribution in [0.3, 0.4) is 0 Å². The fourth-order valence-corrected chi connectivity index (χ4v) is 3.49. The Kier molecular flexibility index (Phi) is 5.24. The summed E-state index contributed by atoms with van der Waals surface area (Å²) in [7, 11) is 0. The number of rotatable bonds is 3. The molecule has 3 rings (SSSR count). The molecule has 1 heterocycles. The number of carbonyl (C=O) groups is 1. The minimum Gasteiger partial charge on any atom is -0.398 e. The van der Waals surface area contributed by atoms with E-state index in [-0.39, 0.29) is 10.7 Å². The zero-order valence-electron chi connectivity index (χ0n) is 14.6. The number of nitrogens with zero attached hydrogens (tertiary/aromatic N) is 1. The number of benzene rings is 2. The van der Waals surface area contributed by atoms with Crippen molar-refractivity contribution in [3.05, 3.63) is 52.5 Å². The van der Waals surface area contributed by atoms with Gasteiger partial charge >= 0.3 is 6.18 Å². The molecule has 1 aliphatic heterocycles. The van der Waals surface area contributed by atoms with Gasteiger partial charge in [0.05, 0.1) is 11.3 Å². The second kappa shape index (κ2) is 7.31. The van der Waals surface area contributed by atoms with Crippen LogP contribution in [0.5, 0.6) is 0 Å². The van der Waals surface area contributed by atoms with Crippen LogP contribution in [0.1, 0.15) is 24.5 Å². The fourth-order valence-electron chi connectivity index (χ4n) is 3.32. The molecule has 3 N–H and O–H groups in total. The lowest BCUT2D eigenvalue weighted by atomic mass is 9.98. The normalized spacial score (nSPS) is 15.2. The first-order valence-corrected chi connectivity index (χ1v) is 8.88. The summed E-state index contributed by atoms with van der Waals surface area (Å²) < 4.78 is 39.7. The number of anilines is 3. The molecule has 0 spiro atoms. The fraction of sp³-hybridized carbons (Fsp3) is 0.316. The standard InChI is InChI=1S/C19H19ClF3N3O/c1-11(26-9-3-4-13-15(24)5-2-6-17(13)26)18(27)25-16-8-7-12(20)10-14(16)19(21,22)23/h2,5-8,10-11H,3-4,9,24H2,1H3,(H,25,27). The van der Waals surface area contributed by atoms with Crippen molar-refractivity contribution in [1.82, 2.24) is 0 Å².